The highest BCUT2D eigenvalue weighted by Gasteiger charge is 2.36. The molecule has 3 aromatic rings. The molecule has 2 N–H and O–H groups in total. The summed E-state index contributed by atoms with van der Waals surface area (Å²) < 4.78 is 96.6. The maximum atomic E-state index is 14.3. The Balaban J connectivity index is 1.73. The van der Waals surface area contributed by atoms with Crippen molar-refractivity contribution in [2.75, 3.05) is 18.5 Å². The zero-order chi connectivity index (χ0) is 27.8. The highest BCUT2D eigenvalue weighted by Crippen LogP contribution is 2.32. The Bertz CT molecular complexity index is 1350. The van der Waals surface area contributed by atoms with E-state index in [0.717, 1.165) is 35.1 Å². The van der Waals surface area contributed by atoms with Crippen LogP contribution in [0.4, 0.5) is 36.6 Å². The van der Waals surface area contributed by atoms with E-state index in [1.165, 1.54) is 6.07 Å². The molecule has 1 unspecified atom stereocenters. The summed E-state index contributed by atoms with van der Waals surface area (Å²) in [6.07, 6.45) is -8.57. The molecule has 2 amide bonds. The minimum atomic E-state index is -4.72. The number of rotatable bonds is 6. The maximum absolute atomic E-state index is 14.3. The number of aromatic nitrogens is 3. The highest BCUT2D eigenvalue weighted by atomic mass is 19.4. The van der Waals surface area contributed by atoms with Crippen LogP contribution in [0.1, 0.15) is 12.6 Å². The standard InChI is InChI=1S/C23H18F7N5O3/c1-11-16(9-32-20(11)36)21(37)33-19-7-17(12-4-13(24)6-15(5-12)38-10-22(25,26)27)35(34-19)14-2-3-18(31-8-14)23(28,29)30/h2-8,11,16H,9-10H2,1H3,(H,32,36)(H,33,34,37)/t11-,16?/m1/s1. The van der Waals surface area contributed by atoms with Crippen molar-refractivity contribution in [3.63, 3.8) is 0 Å². The molecule has 0 spiro atoms. The fourth-order valence-electron chi connectivity index (χ4n) is 3.75. The third kappa shape index (κ3) is 6.03. The Morgan fingerprint density at radius 3 is 2.47 bits per heavy atom. The maximum Gasteiger partial charge on any atom is 0.433 e. The Morgan fingerprint density at radius 1 is 1.16 bits per heavy atom. The van der Waals surface area contributed by atoms with Gasteiger partial charge in [0.2, 0.25) is 11.8 Å². The number of halogens is 7. The number of hydrogen-bond acceptors (Lipinski definition) is 5. The van der Waals surface area contributed by atoms with Crippen molar-refractivity contribution in [3.05, 3.63) is 54.1 Å². The minimum Gasteiger partial charge on any atom is -0.484 e. The summed E-state index contributed by atoms with van der Waals surface area (Å²) in [5.74, 6) is -3.81. The number of nitrogens with zero attached hydrogens (tertiary/aromatic N) is 3. The van der Waals surface area contributed by atoms with Crippen LogP contribution in [0.3, 0.4) is 0 Å². The summed E-state index contributed by atoms with van der Waals surface area (Å²) in [4.78, 5) is 27.8. The SMILES string of the molecule is C[C@H]1C(=O)NCC1C(=O)Nc1cc(-c2cc(F)cc(OCC(F)(F)F)c2)n(-c2ccc(C(F)(F)F)nc2)n1. The molecule has 15 heteroatoms. The first-order valence-electron chi connectivity index (χ1n) is 10.9. The fraction of sp³-hybridized carbons (Fsp3) is 0.304. The first-order chi connectivity index (χ1) is 17.7. The van der Waals surface area contributed by atoms with E-state index in [4.69, 9.17) is 0 Å². The van der Waals surface area contributed by atoms with E-state index >= 15 is 0 Å². The third-order valence-corrected chi connectivity index (χ3v) is 5.66. The van der Waals surface area contributed by atoms with Crippen LogP contribution >= 0.6 is 0 Å². The number of alkyl halides is 6. The summed E-state index contributed by atoms with van der Waals surface area (Å²) in [7, 11) is 0. The smallest absolute Gasteiger partial charge is 0.433 e. The van der Waals surface area contributed by atoms with Gasteiger partial charge in [0, 0.05) is 30.2 Å². The number of carbonyl (C=O) groups is 2. The largest absolute Gasteiger partial charge is 0.484 e. The van der Waals surface area contributed by atoms with Gasteiger partial charge in [-0.2, -0.15) is 26.3 Å². The molecule has 3 heterocycles. The molecule has 0 bridgehead atoms. The third-order valence-electron chi connectivity index (χ3n) is 5.66. The average Bonchev–Trinajstić information content (AvgIpc) is 3.39. The molecular weight excluding hydrogens is 527 g/mol. The molecule has 2 atom stereocenters. The first kappa shape index (κ1) is 26.9. The lowest BCUT2D eigenvalue weighted by Crippen LogP contribution is -2.28. The van der Waals surface area contributed by atoms with Crippen LogP contribution in [-0.2, 0) is 15.8 Å². The van der Waals surface area contributed by atoms with Crippen LogP contribution in [-0.4, -0.2) is 45.9 Å². The molecule has 1 aliphatic heterocycles. The summed E-state index contributed by atoms with van der Waals surface area (Å²) in [6, 6.07) is 5.70. The van der Waals surface area contributed by atoms with Crippen LogP contribution in [0.2, 0.25) is 0 Å². The first-order valence-corrected chi connectivity index (χ1v) is 10.9. The molecule has 0 saturated carbocycles. The second-order valence-corrected chi connectivity index (χ2v) is 8.44. The van der Waals surface area contributed by atoms with E-state index in [1.807, 2.05) is 0 Å². The number of hydrogen-bond donors (Lipinski definition) is 2. The van der Waals surface area contributed by atoms with Gasteiger partial charge in [0.1, 0.15) is 17.3 Å². The van der Waals surface area contributed by atoms with E-state index in [2.05, 4.69) is 25.5 Å². The molecule has 1 saturated heterocycles. The number of nitrogens with one attached hydrogen (secondary N) is 2. The Morgan fingerprint density at radius 2 is 1.89 bits per heavy atom. The van der Waals surface area contributed by atoms with Gasteiger partial charge < -0.3 is 15.4 Å². The predicted molar refractivity (Wildman–Crippen MR) is 118 cm³/mol. The Hall–Kier alpha value is -4.17. The summed E-state index contributed by atoms with van der Waals surface area (Å²) in [5.41, 5.74) is -1.28. The molecule has 2 aromatic heterocycles. The minimum absolute atomic E-state index is 0.00751. The topological polar surface area (TPSA) is 98.1 Å². The van der Waals surface area contributed by atoms with Gasteiger partial charge in [-0.25, -0.2) is 14.1 Å². The monoisotopic (exact) mass is 545 g/mol. The Labute approximate surface area is 209 Å². The molecule has 8 nitrogen and oxygen atoms in total. The van der Waals surface area contributed by atoms with Gasteiger partial charge in [0.25, 0.3) is 0 Å². The van der Waals surface area contributed by atoms with Gasteiger partial charge in [-0.1, -0.05) is 6.92 Å². The van der Waals surface area contributed by atoms with E-state index in [9.17, 15) is 40.3 Å². The number of anilines is 1. The lowest BCUT2D eigenvalue weighted by molar-refractivity contribution is -0.153. The van der Waals surface area contributed by atoms with Gasteiger partial charge in [0.05, 0.1) is 23.5 Å². The van der Waals surface area contributed by atoms with Crippen molar-refractivity contribution in [2.45, 2.75) is 19.3 Å². The van der Waals surface area contributed by atoms with Crippen molar-refractivity contribution in [1.29, 1.82) is 0 Å². The number of carbonyl (C=O) groups excluding carboxylic acids is 2. The van der Waals surface area contributed by atoms with Gasteiger partial charge >= 0.3 is 12.4 Å². The van der Waals surface area contributed by atoms with E-state index in [0.29, 0.717) is 6.07 Å². The van der Waals surface area contributed by atoms with Crippen molar-refractivity contribution < 1.29 is 45.1 Å². The molecule has 202 valence electrons. The van der Waals surface area contributed by atoms with Crippen LogP contribution in [0, 0.1) is 17.7 Å². The molecule has 38 heavy (non-hydrogen) atoms. The average molecular weight is 545 g/mol. The Kier molecular flexibility index (Phi) is 7.04. The van der Waals surface area contributed by atoms with Gasteiger partial charge in [-0.05, 0) is 24.3 Å². The molecule has 1 aliphatic rings. The molecule has 0 radical (unpaired) electrons. The number of amides is 2. The molecular formula is C23H18F7N5O3. The fourth-order valence-corrected chi connectivity index (χ4v) is 3.75. The summed E-state index contributed by atoms with van der Waals surface area (Å²) in [6.45, 7) is -0.0582. The highest BCUT2D eigenvalue weighted by molar-refractivity contribution is 5.98. The molecule has 4 rings (SSSR count). The summed E-state index contributed by atoms with van der Waals surface area (Å²) >= 11 is 0. The molecule has 1 aromatic carbocycles. The summed E-state index contributed by atoms with van der Waals surface area (Å²) in [5, 5.41) is 9.22. The predicted octanol–water partition coefficient (Wildman–Crippen LogP) is 4.35. The normalized spacial score (nSPS) is 17.8. The van der Waals surface area contributed by atoms with Crippen LogP contribution in [0.15, 0.2) is 42.6 Å². The zero-order valence-electron chi connectivity index (χ0n) is 19.3. The quantitative estimate of drug-likeness (QED) is 0.449. The van der Waals surface area contributed by atoms with E-state index in [1.54, 1.807) is 6.92 Å². The number of ether oxygens (including phenoxy) is 1. The van der Waals surface area contributed by atoms with E-state index in [-0.39, 0.29) is 35.2 Å². The number of benzene rings is 1. The second kappa shape index (κ2) is 9.95. The van der Waals surface area contributed by atoms with Crippen molar-refractivity contribution in [2.24, 2.45) is 11.8 Å². The molecule has 0 aliphatic carbocycles. The molecule has 1 fully saturated rings. The second-order valence-electron chi connectivity index (χ2n) is 8.44. The van der Waals surface area contributed by atoms with Crippen LogP contribution in [0.5, 0.6) is 5.75 Å². The van der Waals surface area contributed by atoms with Crippen LogP contribution < -0.4 is 15.4 Å². The zero-order valence-corrected chi connectivity index (χ0v) is 19.3. The van der Waals surface area contributed by atoms with Gasteiger partial charge in [-0.3, -0.25) is 9.59 Å². The van der Waals surface area contributed by atoms with E-state index < -0.39 is 54.0 Å². The lowest BCUT2D eigenvalue weighted by atomic mass is 9.97. The van der Waals surface area contributed by atoms with Crippen molar-refractivity contribution in [1.82, 2.24) is 20.1 Å². The van der Waals surface area contributed by atoms with Crippen molar-refractivity contribution >= 4 is 17.6 Å². The number of pyridine rings is 1. The van der Waals surface area contributed by atoms with Gasteiger partial charge in [0.15, 0.2) is 12.4 Å². The lowest BCUT2D eigenvalue weighted by Gasteiger charge is -2.12. The van der Waals surface area contributed by atoms with Crippen LogP contribution in [0.25, 0.3) is 16.9 Å². The van der Waals surface area contributed by atoms with Gasteiger partial charge in [-0.15, -0.1) is 5.10 Å². The van der Waals surface area contributed by atoms with Crippen molar-refractivity contribution in [3.8, 4) is 22.7 Å².